The number of aliphatic hydroxyl groups is 1. The number of methoxy groups -OCH3 is 1. The molecule has 0 bridgehead atoms. The molecule has 2 aromatic rings. The van der Waals surface area contributed by atoms with Gasteiger partial charge >= 0.3 is 0 Å². The maximum Gasteiger partial charge on any atom is 0.295 e. The molecule has 3 rings (SSSR count). The molecular weight excluding hydrogens is 404 g/mol. The zero-order valence-electron chi connectivity index (χ0n) is 19.7. The first-order valence-electron chi connectivity index (χ1n) is 10.8. The largest absolute Gasteiger partial charge is 0.507 e. The number of Topliss-reactive ketones (excluding diaryl/α,β-unsaturated/α-hetero) is 1. The minimum absolute atomic E-state index is 0.141. The summed E-state index contributed by atoms with van der Waals surface area (Å²) >= 11 is 0. The van der Waals surface area contributed by atoms with Crippen LogP contribution in [0.5, 0.6) is 5.75 Å². The van der Waals surface area contributed by atoms with Gasteiger partial charge in [-0.2, -0.15) is 0 Å². The number of aryl methyl sites for hydroxylation is 3. The molecule has 0 aliphatic carbocycles. The highest BCUT2D eigenvalue weighted by molar-refractivity contribution is 6.46. The Morgan fingerprint density at radius 2 is 1.75 bits per heavy atom. The zero-order chi connectivity index (χ0) is 23.6. The van der Waals surface area contributed by atoms with Gasteiger partial charge in [0, 0.05) is 12.1 Å². The van der Waals surface area contributed by atoms with Crippen molar-refractivity contribution in [3.05, 3.63) is 69.8 Å². The van der Waals surface area contributed by atoms with Gasteiger partial charge < -0.3 is 19.6 Å². The number of likely N-dealkylation sites (tertiary alicyclic amines) is 1. The SMILES string of the molecule is COc1cc(C)c(/C(O)=C2\C(=O)C(=O)N(CCCN(C)C)C2c2ccccc2C)cc1C. The second-order valence-electron chi connectivity index (χ2n) is 8.64. The molecule has 32 heavy (non-hydrogen) atoms. The molecule has 1 amide bonds. The van der Waals surface area contributed by atoms with Crippen molar-refractivity contribution in [3.8, 4) is 5.75 Å². The number of aliphatic hydroxyl groups excluding tert-OH is 1. The van der Waals surface area contributed by atoms with Gasteiger partial charge in [-0.05, 0) is 82.2 Å². The average Bonchev–Trinajstić information content (AvgIpc) is 2.99. The van der Waals surface area contributed by atoms with E-state index in [9.17, 15) is 14.7 Å². The Bertz CT molecular complexity index is 1070. The van der Waals surface area contributed by atoms with Crippen LogP contribution in [0.4, 0.5) is 0 Å². The Morgan fingerprint density at radius 1 is 1.06 bits per heavy atom. The maximum absolute atomic E-state index is 13.2. The summed E-state index contributed by atoms with van der Waals surface area (Å²) in [4.78, 5) is 29.9. The van der Waals surface area contributed by atoms with E-state index >= 15 is 0 Å². The van der Waals surface area contributed by atoms with E-state index < -0.39 is 17.7 Å². The van der Waals surface area contributed by atoms with Crippen LogP contribution in [0.25, 0.3) is 5.76 Å². The van der Waals surface area contributed by atoms with Crippen molar-refractivity contribution < 1.29 is 19.4 Å². The number of ketones is 1. The first-order valence-corrected chi connectivity index (χ1v) is 10.8. The number of hydrogen-bond donors (Lipinski definition) is 1. The Labute approximate surface area is 190 Å². The topological polar surface area (TPSA) is 70.1 Å². The molecule has 1 atom stereocenters. The number of carbonyl (C=O) groups excluding carboxylic acids is 2. The quantitative estimate of drug-likeness (QED) is 0.404. The molecule has 6 nitrogen and oxygen atoms in total. The molecule has 1 aliphatic heterocycles. The van der Waals surface area contributed by atoms with Crippen LogP contribution in [0, 0.1) is 20.8 Å². The molecule has 2 aromatic carbocycles. The summed E-state index contributed by atoms with van der Waals surface area (Å²) in [7, 11) is 5.54. The van der Waals surface area contributed by atoms with Crippen LogP contribution in [0.1, 0.15) is 40.3 Å². The normalized spacial score (nSPS) is 18.0. The first-order chi connectivity index (χ1) is 15.2. The van der Waals surface area contributed by atoms with E-state index in [-0.39, 0.29) is 11.3 Å². The van der Waals surface area contributed by atoms with Crippen LogP contribution in [-0.2, 0) is 9.59 Å². The lowest BCUT2D eigenvalue weighted by molar-refractivity contribution is -0.139. The van der Waals surface area contributed by atoms with Crippen molar-refractivity contribution in [1.82, 2.24) is 9.80 Å². The Kier molecular flexibility index (Phi) is 7.04. The number of hydrogen-bond acceptors (Lipinski definition) is 5. The molecule has 6 heteroatoms. The van der Waals surface area contributed by atoms with Gasteiger partial charge in [0.05, 0.1) is 18.7 Å². The van der Waals surface area contributed by atoms with Crippen molar-refractivity contribution in [2.45, 2.75) is 33.2 Å². The van der Waals surface area contributed by atoms with E-state index in [0.29, 0.717) is 17.9 Å². The lowest BCUT2D eigenvalue weighted by Gasteiger charge is -2.27. The van der Waals surface area contributed by atoms with Crippen molar-refractivity contribution in [3.63, 3.8) is 0 Å². The van der Waals surface area contributed by atoms with Gasteiger partial charge in [-0.15, -0.1) is 0 Å². The second kappa shape index (κ2) is 9.57. The van der Waals surface area contributed by atoms with Gasteiger partial charge in [-0.3, -0.25) is 9.59 Å². The zero-order valence-corrected chi connectivity index (χ0v) is 19.7. The molecule has 1 aliphatic rings. The molecule has 1 unspecified atom stereocenters. The second-order valence-corrected chi connectivity index (χ2v) is 8.64. The molecule has 1 fully saturated rings. The highest BCUT2D eigenvalue weighted by atomic mass is 16.5. The molecule has 0 aromatic heterocycles. The van der Waals surface area contributed by atoms with Crippen LogP contribution >= 0.6 is 0 Å². The molecule has 170 valence electrons. The van der Waals surface area contributed by atoms with E-state index in [1.165, 1.54) is 0 Å². The highest BCUT2D eigenvalue weighted by Crippen LogP contribution is 2.41. The van der Waals surface area contributed by atoms with Crippen molar-refractivity contribution in [2.24, 2.45) is 0 Å². The molecular formula is C26H32N2O4. The number of rotatable bonds is 7. The van der Waals surface area contributed by atoms with Crippen LogP contribution in [0.15, 0.2) is 42.0 Å². The Balaban J connectivity index is 2.18. The summed E-state index contributed by atoms with van der Waals surface area (Å²) in [6, 6.07) is 10.7. The summed E-state index contributed by atoms with van der Waals surface area (Å²) in [6.07, 6.45) is 0.725. The van der Waals surface area contributed by atoms with Gasteiger partial charge in [0.15, 0.2) is 0 Å². The van der Waals surface area contributed by atoms with E-state index in [4.69, 9.17) is 4.74 Å². The third-order valence-electron chi connectivity index (χ3n) is 6.02. The third-order valence-corrected chi connectivity index (χ3v) is 6.02. The molecule has 0 spiro atoms. The number of ether oxygens (including phenoxy) is 1. The third kappa shape index (κ3) is 4.41. The average molecular weight is 437 g/mol. The molecule has 1 heterocycles. The molecule has 0 radical (unpaired) electrons. The van der Waals surface area contributed by atoms with Gasteiger partial charge in [-0.25, -0.2) is 0 Å². The minimum atomic E-state index is -0.645. The summed E-state index contributed by atoms with van der Waals surface area (Å²) in [6.45, 7) is 6.91. The van der Waals surface area contributed by atoms with Gasteiger partial charge in [0.1, 0.15) is 11.5 Å². The predicted octanol–water partition coefficient (Wildman–Crippen LogP) is 3.99. The number of benzene rings is 2. The Hall–Kier alpha value is -3.12. The predicted molar refractivity (Wildman–Crippen MR) is 126 cm³/mol. The van der Waals surface area contributed by atoms with Crippen molar-refractivity contribution in [2.75, 3.05) is 34.3 Å². The van der Waals surface area contributed by atoms with E-state index in [0.717, 1.165) is 35.2 Å². The van der Waals surface area contributed by atoms with Gasteiger partial charge in [0.2, 0.25) is 0 Å². The van der Waals surface area contributed by atoms with Crippen LogP contribution in [0.2, 0.25) is 0 Å². The van der Waals surface area contributed by atoms with Gasteiger partial charge in [-0.1, -0.05) is 24.3 Å². The van der Waals surface area contributed by atoms with Crippen LogP contribution in [0.3, 0.4) is 0 Å². The fraction of sp³-hybridized carbons (Fsp3) is 0.385. The maximum atomic E-state index is 13.2. The van der Waals surface area contributed by atoms with Crippen molar-refractivity contribution >= 4 is 17.4 Å². The fourth-order valence-electron chi connectivity index (χ4n) is 4.29. The molecule has 0 saturated carbocycles. The summed E-state index contributed by atoms with van der Waals surface area (Å²) in [5.74, 6) is -0.650. The number of carbonyl (C=O) groups is 2. The first kappa shape index (κ1) is 23.5. The van der Waals surface area contributed by atoms with Gasteiger partial charge in [0.25, 0.3) is 11.7 Å². The summed E-state index contributed by atoms with van der Waals surface area (Å²) in [5, 5.41) is 11.4. The standard InChI is InChI=1S/C26H32N2O4/c1-16-10-7-8-11-19(16)23-22(25(30)26(31)28(23)13-9-12-27(4)5)24(29)20-14-18(3)21(32-6)15-17(20)2/h7-8,10-11,14-15,23,29H,9,12-13H2,1-6H3/b24-22+. The highest BCUT2D eigenvalue weighted by Gasteiger charge is 2.46. The number of nitrogens with zero attached hydrogens (tertiary/aromatic N) is 2. The summed E-state index contributed by atoms with van der Waals surface area (Å²) < 4.78 is 5.38. The summed E-state index contributed by atoms with van der Waals surface area (Å²) in [5.41, 5.74) is 4.10. The van der Waals surface area contributed by atoms with Crippen molar-refractivity contribution in [1.29, 1.82) is 0 Å². The van der Waals surface area contributed by atoms with Crippen LogP contribution < -0.4 is 4.74 Å². The Morgan fingerprint density at radius 3 is 2.38 bits per heavy atom. The minimum Gasteiger partial charge on any atom is -0.507 e. The number of amides is 1. The lowest BCUT2D eigenvalue weighted by atomic mass is 9.91. The van der Waals surface area contributed by atoms with E-state index in [1.54, 1.807) is 18.1 Å². The van der Waals surface area contributed by atoms with E-state index in [1.807, 2.05) is 70.1 Å². The molecule has 1 N–H and O–H groups in total. The smallest absolute Gasteiger partial charge is 0.295 e. The fourth-order valence-corrected chi connectivity index (χ4v) is 4.29. The van der Waals surface area contributed by atoms with Crippen LogP contribution in [-0.4, -0.2) is 60.9 Å². The lowest BCUT2D eigenvalue weighted by Crippen LogP contribution is -2.32. The van der Waals surface area contributed by atoms with E-state index in [2.05, 4.69) is 0 Å². The molecule has 1 saturated heterocycles. The monoisotopic (exact) mass is 436 g/mol.